The number of guanidine groups is 1. The molecule has 1 fully saturated rings. The van der Waals surface area contributed by atoms with Crippen LogP contribution in [0.3, 0.4) is 0 Å². The van der Waals surface area contributed by atoms with Crippen LogP contribution < -0.4 is 10.6 Å². The topological polar surface area (TPSA) is 66.0 Å². The average molecular weight is 409 g/mol. The van der Waals surface area contributed by atoms with Crippen molar-refractivity contribution in [2.24, 2.45) is 10.9 Å². The van der Waals surface area contributed by atoms with Gasteiger partial charge in [0, 0.05) is 52.7 Å². The Balaban J connectivity index is 1.43. The predicted octanol–water partition coefficient (Wildman–Crippen LogP) is 2.59. The van der Waals surface area contributed by atoms with Gasteiger partial charge in [-0.25, -0.2) is 0 Å². The van der Waals surface area contributed by atoms with Gasteiger partial charge in [-0.1, -0.05) is 54.6 Å². The molecule has 1 heterocycles. The van der Waals surface area contributed by atoms with Crippen molar-refractivity contribution in [3.8, 4) is 0 Å². The lowest BCUT2D eigenvalue weighted by Gasteiger charge is -2.18. The minimum absolute atomic E-state index is 0.245. The van der Waals surface area contributed by atoms with Crippen molar-refractivity contribution >= 4 is 11.9 Å². The van der Waals surface area contributed by atoms with Crippen LogP contribution in [0.5, 0.6) is 0 Å². The Morgan fingerprint density at radius 1 is 1.10 bits per heavy atom. The van der Waals surface area contributed by atoms with Gasteiger partial charge in [0.2, 0.25) is 5.91 Å². The van der Waals surface area contributed by atoms with Crippen molar-refractivity contribution < 1.29 is 9.53 Å². The Labute approximate surface area is 179 Å². The molecule has 1 atom stereocenters. The fourth-order valence-electron chi connectivity index (χ4n) is 3.78. The highest BCUT2D eigenvalue weighted by molar-refractivity contribution is 5.80. The SMILES string of the molecule is CN=C(NCc1ccccc1COC)NCC1CC(=O)N(CCc2ccccc2)C1. The number of hydrogen-bond donors (Lipinski definition) is 2. The van der Waals surface area contributed by atoms with E-state index in [1.54, 1.807) is 14.2 Å². The lowest BCUT2D eigenvalue weighted by molar-refractivity contribution is -0.127. The number of amides is 1. The van der Waals surface area contributed by atoms with Gasteiger partial charge in [-0.15, -0.1) is 0 Å². The van der Waals surface area contributed by atoms with E-state index in [4.69, 9.17) is 4.74 Å². The third kappa shape index (κ3) is 6.32. The van der Waals surface area contributed by atoms with Crippen LogP contribution >= 0.6 is 0 Å². The summed E-state index contributed by atoms with van der Waals surface area (Å²) in [4.78, 5) is 18.7. The van der Waals surface area contributed by atoms with E-state index < -0.39 is 0 Å². The second-order valence-electron chi connectivity index (χ2n) is 7.65. The van der Waals surface area contributed by atoms with E-state index in [2.05, 4.69) is 39.9 Å². The van der Waals surface area contributed by atoms with Crippen LogP contribution in [-0.2, 0) is 29.1 Å². The molecule has 6 nitrogen and oxygen atoms in total. The van der Waals surface area contributed by atoms with Gasteiger partial charge < -0.3 is 20.3 Å². The molecule has 1 aliphatic heterocycles. The molecule has 0 bridgehead atoms. The molecule has 0 aromatic heterocycles. The molecule has 0 radical (unpaired) electrons. The monoisotopic (exact) mass is 408 g/mol. The van der Waals surface area contributed by atoms with Gasteiger partial charge in [0.05, 0.1) is 6.61 Å². The van der Waals surface area contributed by atoms with Crippen LogP contribution in [0, 0.1) is 5.92 Å². The summed E-state index contributed by atoms with van der Waals surface area (Å²) in [7, 11) is 3.47. The fraction of sp³-hybridized carbons (Fsp3) is 0.417. The number of carbonyl (C=O) groups excluding carboxylic acids is 1. The normalized spacial score (nSPS) is 16.7. The molecule has 30 heavy (non-hydrogen) atoms. The van der Waals surface area contributed by atoms with Crippen molar-refractivity contribution in [2.45, 2.75) is 26.0 Å². The quantitative estimate of drug-likeness (QED) is 0.494. The maximum absolute atomic E-state index is 12.4. The van der Waals surface area contributed by atoms with Crippen molar-refractivity contribution in [1.29, 1.82) is 0 Å². The molecular formula is C24H32N4O2. The Morgan fingerprint density at radius 3 is 2.57 bits per heavy atom. The summed E-state index contributed by atoms with van der Waals surface area (Å²) >= 11 is 0. The molecule has 1 aliphatic rings. The smallest absolute Gasteiger partial charge is 0.223 e. The number of nitrogens with one attached hydrogen (secondary N) is 2. The predicted molar refractivity (Wildman–Crippen MR) is 120 cm³/mol. The standard InChI is InChI=1S/C24H32N4O2/c1-25-24(27-16-21-10-6-7-11-22(21)18-30-2)26-15-20-14-23(29)28(17-20)13-12-19-8-4-3-5-9-19/h3-11,20H,12-18H2,1-2H3,(H2,25,26,27). The first-order valence-corrected chi connectivity index (χ1v) is 10.5. The first-order chi connectivity index (χ1) is 14.7. The van der Waals surface area contributed by atoms with Gasteiger partial charge in [-0.05, 0) is 23.1 Å². The van der Waals surface area contributed by atoms with E-state index in [1.165, 1.54) is 16.7 Å². The van der Waals surface area contributed by atoms with Crippen LogP contribution in [0.25, 0.3) is 0 Å². The lowest BCUT2D eigenvalue weighted by Crippen LogP contribution is -2.40. The van der Waals surface area contributed by atoms with Gasteiger partial charge in [-0.3, -0.25) is 9.79 Å². The molecule has 0 spiro atoms. The molecule has 2 aromatic carbocycles. The average Bonchev–Trinajstić information content (AvgIpc) is 3.13. The lowest BCUT2D eigenvalue weighted by atomic mass is 10.1. The third-order valence-corrected chi connectivity index (χ3v) is 5.45. The second-order valence-corrected chi connectivity index (χ2v) is 7.65. The molecule has 2 N–H and O–H groups in total. The van der Waals surface area contributed by atoms with Gasteiger partial charge in [0.1, 0.15) is 0 Å². The van der Waals surface area contributed by atoms with Crippen molar-refractivity contribution in [3.05, 3.63) is 71.3 Å². The van der Waals surface area contributed by atoms with Gasteiger partial charge in [0.25, 0.3) is 0 Å². The maximum atomic E-state index is 12.4. The fourth-order valence-corrected chi connectivity index (χ4v) is 3.78. The maximum Gasteiger partial charge on any atom is 0.223 e. The molecule has 0 aliphatic carbocycles. The largest absolute Gasteiger partial charge is 0.380 e. The zero-order chi connectivity index (χ0) is 21.2. The highest BCUT2D eigenvalue weighted by Gasteiger charge is 2.29. The molecular weight excluding hydrogens is 376 g/mol. The van der Waals surface area contributed by atoms with E-state index in [-0.39, 0.29) is 5.91 Å². The number of methoxy groups -OCH3 is 1. The van der Waals surface area contributed by atoms with E-state index in [0.717, 1.165) is 32.0 Å². The molecule has 3 rings (SSSR count). The van der Waals surface area contributed by atoms with E-state index in [1.807, 2.05) is 35.2 Å². The molecule has 0 saturated carbocycles. The molecule has 160 valence electrons. The summed E-state index contributed by atoms with van der Waals surface area (Å²) in [6, 6.07) is 18.5. The van der Waals surface area contributed by atoms with Crippen LogP contribution in [0.2, 0.25) is 0 Å². The van der Waals surface area contributed by atoms with Crippen LogP contribution in [0.1, 0.15) is 23.1 Å². The van der Waals surface area contributed by atoms with Crippen molar-refractivity contribution in [2.75, 3.05) is 33.8 Å². The summed E-state index contributed by atoms with van der Waals surface area (Å²) in [5.41, 5.74) is 3.62. The summed E-state index contributed by atoms with van der Waals surface area (Å²) in [5.74, 6) is 1.29. The van der Waals surface area contributed by atoms with Gasteiger partial charge >= 0.3 is 0 Å². The number of carbonyl (C=O) groups is 1. The summed E-state index contributed by atoms with van der Waals surface area (Å²) < 4.78 is 5.27. The summed E-state index contributed by atoms with van der Waals surface area (Å²) in [5, 5.41) is 6.74. The Morgan fingerprint density at radius 2 is 1.83 bits per heavy atom. The number of nitrogens with zero attached hydrogens (tertiary/aromatic N) is 2. The number of ether oxygens (including phenoxy) is 1. The number of hydrogen-bond acceptors (Lipinski definition) is 3. The summed E-state index contributed by atoms with van der Waals surface area (Å²) in [6.07, 6.45) is 1.49. The van der Waals surface area contributed by atoms with Crippen LogP contribution in [-0.4, -0.2) is 50.6 Å². The molecule has 1 amide bonds. The first kappa shape index (κ1) is 21.8. The number of benzene rings is 2. The Hall–Kier alpha value is -2.86. The number of aliphatic imine (C=N–C) groups is 1. The highest BCUT2D eigenvalue weighted by Crippen LogP contribution is 2.17. The Bertz CT molecular complexity index is 838. The molecule has 2 aromatic rings. The van der Waals surface area contributed by atoms with Gasteiger partial charge in [-0.2, -0.15) is 0 Å². The molecule has 1 unspecified atom stereocenters. The van der Waals surface area contributed by atoms with Gasteiger partial charge in [0.15, 0.2) is 5.96 Å². The van der Waals surface area contributed by atoms with E-state index in [9.17, 15) is 4.79 Å². The minimum atomic E-state index is 0.245. The first-order valence-electron chi connectivity index (χ1n) is 10.5. The highest BCUT2D eigenvalue weighted by atomic mass is 16.5. The summed E-state index contributed by atoms with van der Waals surface area (Å²) in [6.45, 7) is 3.57. The molecule has 6 heteroatoms. The Kier molecular flexibility index (Phi) is 8.27. The van der Waals surface area contributed by atoms with E-state index in [0.29, 0.717) is 25.5 Å². The van der Waals surface area contributed by atoms with Crippen molar-refractivity contribution in [3.63, 3.8) is 0 Å². The zero-order valence-corrected chi connectivity index (χ0v) is 17.9. The second kappa shape index (κ2) is 11.4. The van der Waals surface area contributed by atoms with Crippen molar-refractivity contribution in [1.82, 2.24) is 15.5 Å². The third-order valence-electron chi connectivity index (χ3n) is 5.45. The van der Waals surface area contributed by atoms with E-state index >= 15 is 0 Å². The van der Waals surface area contributed by atoms with Crippen LogP contribution in [0.15, 0.2) is 59.6 Å². The minimum Gasteiger partial charge on any atom is -0.380 e. The number of rotatable bonds is 9. The van der Waals surface area contributed by atoms with Crippen LogP contribution in [0.4, 0.5) is 0 Å². The number of likely N-dealkylation sites (tertiary alicyclic amines) is 1. The molecule has 1 saturated heterocycles. The zero-order valence-electron chi connectivity index (χ0n) is 17.9.